The zero-order valence-electron chi connectivity index (χ0n) is 20.3. The number of rotatable bonds is 9. The van der Waals surface area contributed by atoms with Crippen LogP contribution in [-0.2, 0) is 19.6 Å². The second kappa shape index (κ2) is 10.8. The molecule has 1 fully saturated rings. The molecular weight excluding hydrogens is 478 g/mol. The summed E-state index contributed by atoms with van der Waals surface area (Å²) >= 11 is 0. The number of hydrogen-bond acceptors (Lipinski definition) is 5. The van der Waals surface area contributed by atoms with Gasteiger partial charge in [-0.25, -0.2) is 8.42 Å². The van der Waals surface area contributed by atoms with Crippen LogP contribution in [0.15, 0.2) is 77.7 Å². The van der Waals surface area contributed by atoms with Gasteiger partial charge in [-0.1, -0.05) is 17.7 Å². The lowest BCUT2D eigenvalue weighted by atomic mass is 10.2. The first-order chi connectivity index (χ1) is 17.3. The van der Waals surface area contributed by atoms with Crippen molar-refractivity contribution in [2.75, 3.05) is 34.2 Å². The van der Waals surface area contributed by atoms with Gasteiger partial charge in [0.05, 0.1) is 17.2 Å². The third-order valence-corrected chi connectivity index (χ3v) is 7.66. The van der Waals surface area contributed by atoms with Crippen LogP contribution < -0.4 is 19.3 Å². The smallest absolute Gasteiger partial charge is 0.264 e. The molecule has 0 radical (unpaired) electrons. The molecule has 9 heteroatoms. The summed E-state index contributed by atoms with van der Waals surface area (Å²) in [6.45, 7) is 4.49. The average molecular weight is 508 g/mol. The van der Waals surface area contributed by atoms with Crippen LogP contribution >= 0.6 is 0 Å². The Kier molecular flexibility index (Phi) is 7.59. The molecule has 3 aromatic rings. The van der Waals surface area contributed by atoms with Gasteiger partial charge in [0.15, 0.2) is 0 Å². The highest BCUT2D eigenvalue weighted by molar-refractivity contribution is 7.92. The van der Waals surface area contributed by atoms with E-state index in [9.17, 15) is 18.0 Å². The van der Waals surface area contributed by atoms with Crippen molar-refractivity contribution in [3.63, 3.8) is 0 Å². The number of anilines is 3. The summed E-state index contributed by atoms with van der Waals surface area (Å²) in [5.74, 6) is 0.158. The van der Waals surface area contributed by atoms with Gasteiger partial charge in [0.2, 0.25) is 11.8 Å². The SMILES string of the molecule is CCOc1ccc(S(=O)(=O)N(CC(=O)Nc2ccc(N3CCCC3=O)cc2)c2ccc(C)cc2)cc1. The quantitative estimate of drug-likeness (QED) is 0.464. The maximum Gasteiger partial charge on any atom is 0.264 e. The summed E-state index contributed by atoms with van der Waals surface area (Å²) < 4.78 is 33.6. The first-order valence-electron chi connectivity index (χ1n) is 11.8. The minimum absolute atomic E-state index is 0.0546. The van der Waals surface area contributed by atoms with Crippen LogP contribution in [0.25, 0.3) is 0 Å². The number of nitrogens with one attached hydrogen (secondary N) is 1. The lowest BCUT2D eigenvalue weighted by Crippen LogP contribution is -2.38. The summed E-state index contributed by atoms with van der Waals surface area (Å²) in [5, 5.41) is 2.76. The molecule has 0 spiro atoms. The van der Waals surface area contributed by atoms with Gasteiger partial charge in [-0.2, -0.15) is 0 Å². The molecule has 0 aromatic heterocycles. The first kappa shape index (κ1) is 25.2. The summed E-state index contributed by atoms with van der Waals surface area (Å²) in [4.78, 5) is 26.7. The van der Waals surface area contributed by atoms with Crippen molar-refractivity contribution in [2.24, 2.45) is 0 Å². The van der Waals surface area contributed by atoms with Crippen LogP contribution in [0.4, 0.5) is 17.1 Å². The van der Waals surface area contributed by atoms with E-state index in [0.717, 1.165) is 22.0 Å². The van der Waals surface area contributed by atoms with Gasteiger partial charge < -0.3 is 15.0 Å². The van der Waals surface area contributed by atoms with E-state index < -0.39 is 22.5 Å². The lowest BCUT2D eigenvalue weighted by molar-refractivity contribution is -0.117. The summed E-state index contributed by atoms with van der Waals surface area (Å²) in [6.07, 6.45) is 1.37. The van der Waals surface area contributed by atoms with E-state index in [1.54, 1.807) is 65.6 Å². The Bertz CT molecular complexity index is 1320. The van der Waals surface area contributed by atoms with Crippen molar-refractivity contribution < 1.29 is 22.7 Å². The van der Waals surface area contributed by atoms with Crippen molar-refractivity contribution in [3.05, 3.63) is 78.4 Å². The molecule has 1 N–H and O–H groups in total. The van der Waals surface area contributed by atoms with Crippen LogP contribution in [0, 0.1) is 6.92 Å². The van der Waals surface area contributed by atoms with Gasteiger partial charge >= 0.3 is 0 Å². The molecule has 36 heavy (non-hydrogen) atoms. The number of nitrogens with zero attached hydrogens (tertiary/aromatic N) is 2. The van der Waals surface area contributed by atoms with Crippen molar-refractivity contribution in [1.29, 1.82) is 0 Å². The topological polar surface area (TPSA) is 96.0 Å². The van der Waals surface area contributed by atoms with Crippen molar-refractivity contribution in [3.8, 4) is 5.75 Å². The Morgan fingerprint density at radius 3 is 2.25 bits per heavy atom. The Morgan fingerprint density at radius 2 is 1.67 bits per heavy atom. The third-order valence-electron chi connectivity index (χ3n) is 5.87. The normalized spacial score (nSPS) is 13.5. The number of ether oxygens (including phenoxy) is 1. The molecule has 1 saturated heterocycles. The molecule has 0 saturated carbocycles. The van der Waals surface area contributed by atoms with Crippen LogP contribution in [-0.4, -0.2) is 39.9 Å². The number of benzene rings is 3. The number of carbonyl (C=O) groups is 2. The maximum atomic E-state index is 13.6. The fourth-order valence-corrected chi connectivity index (χ4v) is 5.43. The first-order valence-corrected chi connectivity index (χ1v) is 13.2. The standard InChI is InChI=1S/C27H29N3O5S/c1-3-35-24-14-16-25(17-15-24)36(33,34)30(23-10-6-20(2)7-11-23)19-26(31)28-21-8-12-22(13-9-21)29-18-4-5-27(29)32/h6-17H,3-5,18-19H2,1-2H3,(H,28,31). The molecule has 3 aromatic carbocycles. The molecule has 0 bridgehead atoms. The number of aryl methyl sites for hydroxylation is 1. The maximum absolute atomic E-state index is 13.6. The van der Waals surface area contributed by atoms with Gasteiger partial charge in [-0.15, -0.1) is 0 Å². The van der Waals surface area contributed by atoms with Gasteiger partial charge in [-0.3, -0.25) is 13.9 Å². The van der Waals surface area contributed by atoms with E-state index in [4.69, 9.17) is 4.74 Å². The number of amides is 2. The van der Waals surface area contributed by atoms with E-state index in [0.29, 0.717) is 36.7 Å². The monoisotopic (exact) mass is 507 g/mol. The fourth-order valence-electron chi connectivity index (χ4n) is 4.00. The zero-order chi connectivity index (χ0) is 25.7. The van der Waals surface area contributed by atoms with Gasteiger partial charge in [0.1, 0.15) is 12.3 Å². The van der Waals surface area contributed by atoms with Gasteiger partial charge in [0, 0.05) is 24.3 Å². The number of sulfonamides is 1. The molecule has 4 rings (SSSR count). The third kappa shape index (κ3) is 5.68. The summed E-state index contributed by atoms with van der Waals surface area (Å²) in [6, 6.07) is 20.0. The summed E-state index contributed by atoms with van der Waals surface area (Å²) in [7, 11) is -4.04. The molecule has 1 aliphatic rings. The highest BCUT2D eigenvalue weighted by Crippen LogP contribution is 2.26. The fraction of sp³-hybridized carbons (Fsp3) is 0.259. The summed E-state index contributed by atoms with van der Waals surface area (Å²) in [5.41, 5.74) is 2.64. The van der Waals surface area contributed by atoms with Crippen LogP contribution in [0.3, 0.4) is 0 Å². The van der Waals surface area contributed by atoms with Crippen LogP contribution in [0.2, 0.25) is 0 Å². The second-order valence-electron chi connectivity index (χ2n) is 8.50. The zero-order valence-corrected chi connectivity index (χ0v) is 21.1. The highest BCUT2D eigenvalue weighted by atomic mass is 32.2. The predicted molar refractivity (Wildman–Crippen MR) is 140 cm³/mol. The second-order valence-corrected chi connectivity index (χ2v) is 10.4. The molecule has 1 aliphatic heterocycles. The molecule has 0 aliphatic carbocycles. The van der Waals surface area contributed by atoms with Crippen LogP contribution in [0.1, 0.15) is 25.3 Å². The van der Waals surface area contributed by atoms with Crippen molar-refractivity contribution in [2.45, 2.75) is 31.6 Å². The van der Waals surface area contributed by atoms with E-state index in [-0.39, 0.29) is 10.8 Å². The molecule has 188 valence electrons. The highest BCUT2D eigenvalue weighted by Gasteiger charge is 2.27. The number of carbonyl (C=O) groups excluding carboxylic acids is 2. The van der Waals surface area contributed by atoms with Crippen molar-refractivity contribution in [1.82, 2.24) is 0 Å². The van der Waals surface area contributed by atoms with Crippen molar-refractivity contribution >= 4 is 38.9 Å². The number of hydrogen-bond donors (Lipinski definition) is 1. The van der Waals surface area contributed by atoms with E-state index in [1.807, 2.05) is 13.8 Å². The minimum atomic E-state index is -4.04. The Balaban J connectivity index is 1.54. The Morgan fingerprint density at radius 1 is 1.00 bits per heavy atom. The Labute approximate surface area is 211 Å². The molecular formula is C27H29N3O5S. The van der Waals surface area contributed by atoms with Gasteiger partial charge in [-0.05, 0) is 80.9 Å². The van der Waals surface area contributed by atoms with E-state index >= 15 is 0 Å². The lowest BCUT2D eigenvalue weighted by Gasteiger charge is -2.24. The molecule has 8 nitrogen and oxygen atoms in total. The predicted octanol–water partition coefficient (Wildman–Crippen LogP) is 4.35. The molecule has 0 atom stereocenters. The van der Waals surface area contributed by atoms with E-state index in [1.165, 1.54) is 12.1 Å². The molecule has 0 unspecified atom stereocenters. The minimum Gasteiger partial charge on any atom is -0.494 e. The average Bonchev–Trinajstić information content (AvgIpc) is 3.30. The van der Waals surface area contributed by atoms with Crippen LogP contribution in [0.5, 0.6) is 5.75 Å². The largest absolute Gasteiger partial charge is 0.494 e. The molecule has 1 heterocycles. The van der Waals surface area contributed by atoms with E-state index in [2.05, 4.69) is 5.32 Å². The Hall–Kier alpha value is -3.85. The molecule has 2 amide bonds. The van der Waals surface area contributed by atoms with Gasteiger partial charge in [0.25, 0.3) is 10.0 Å².